The van der Waals surface area contributed by atoms with Crippen LogP contribution in [-0.4, -0.2) is 59.5 Å². The fourth-order valence-electron chi connectivity index (χ4n) is 2.51. The van der Waals surface area contributed by atoms with Gasteiger partial charge in [0, 0.05) is 5.88 Å². The van der Waals surface area contributed by atoms with Gasteiger partial charge in [0.2, 0.25) is 5.95 Å². The molecule has 1 fully saturated rings. The second-order valence-corrected chi connectivity index (χ2v) is 8.45. The van der Waals surface area contributed by atoms with Crippen LogP contribution >= 0.6 is 15.6 Å². The van der Waals surface area contributed by atoms with Crippen molar-refractivity contribution in [2.24, 2.45) is 0 Å². The summed E-state index contributed by atoms with van der Waals surface area (Å²) in [6.07, 6.45) is -4.99. The Morgan fingerprint density at radius 3 is 2.38 bits per heavy atom. The average molecular weight is 467 g/mol. The molecule has 156 valence electrons. The van der Waals surface area contributed by atoms with Crippen molar-refractivity contribution >= 4 is 32.7 Å². The van der Waals surface area contributed by atoms with Crippen LogP contribution in [0.4, 0.5) is 5.95 Å². The Kier molecular flexibility index (Phi) is 14.3. The normalized spacial score (nSPS) is 25.9. The van der Waals surface area contributed by atoms with E-state index in [9.17, 15) is 29.7 Å². The number of ether oxygens (including phenoxy) is 1. The molecule has 1 aliphatic heterocycles. The summed E-state index contributed by atoms with van der Waals surface area (Å²) in [4.78, 5) is 41.7. The van der Waals surface area contributed by atoms with E-state index in [4.69, 9.17) is 20.5 Å². The number of hydrogen-bond donors (Lipinski definition) is 5. The number of aromatic nitrogens is 4. The van der Waals surface area contributed by atoms with Crippen LogP contribution in [0, 0.1) is 5.16 Å². The Morgan fingerprint density at radius 1 is 1.22 bits per heavy atom. The summed E-state index contributed by atoms with van der Waals surface area (Å²) >= 11 is 0. The molecule has 0 aromatic carbocycles. The maximum absolute atomic E-state index is 11.7. The fraction of sp³-hybridized carbons (Fsp3) is 0.500. The van der Waals surface area contributed by atoms with Gasteiger partial charge < -0.3 is 45.0 Å². The van der Waals surface area contributed by atoms with Crippen LogP contribution in [0.15, 0.2) is 6.33 Å². The van der Waals surface area contributed by atoms with E-state index in [-0.39, 0.29) is 92.6 Å². The Labute approximate surface area is 228 Å². The molecule has 0 bridgehead atoms. The molecule has 6 atom stereocenters. The van der Waals surface area contributed by atoms with Gasteiger partial charge in [0.15, 0.2) is 11.9 Å². The summed E-state index contributed by atoms with van der Waals surface area (Å²) in [7, 11) is -10.5. The van der Waals surface area contributed by atoms with Crippen LogP contribution in [-0.2, 0) is 18.1 Å². The van der Waals surface area contributed by atoms with Crippen LogP contribution < -0.4 is 96.1 Å². The first-order chi connectivity index (χ1) is 12.9. The number of aliphatic hydroxyl groups is 2. The van der Waals surface area contributed by atoms with Crippen LogP contribution in [0.1, 0.15) is 6.23 Å². The Bertz CT molecular complexity index is 996. The minimum absolute atomic E-state index is 0. The molecule has 32 heavy (non-hydrogen) atoms. The molecule has 0 amide bonds. The van der Waals surface area contributed by atoms with E-state index < -0.39 is 52.6 Å². The summed E-state index contributed by atoms with van der Waals surface area (Å²) < 4.78 is 25.7. The van der Waals surface area contributed by atoms with E-state index in [1.165, 1.54) is 0 Å². The number of rotatable bonds is 6. The molecule has 3 heterocycles. The van der Waals surface area contributed by atoms with Crippen molar-refractivity contribution < 1.29 is 124 Å². The number of aliphatic hydroxyl groups excluding tert-OH is 2. The fourth-order valence-corrected chi connectivity index (χ4v) is 4.12. The van der Waals surface area contributed by atoms with E-state index in [2.05, 4.69) is 23.8 Å². The van der Waals surface area contributed by atoms with Crippen molar-refractivity contribution in [1.29, 1.82) is 5.16 Å². The minimum Gasteiger partial charge on any atom is -0.857 e. The molecule has 3 rings (SSSR count). The van der Waals surface area contributed by atoms with Gasteiger partial charge >= 0.3 is 75.4 Å². The van der Waals surface area contributed by atoms with Crippen molar-refractivity contribution in [3.05, 3.63) is 6.33 Å². The predicted molar refractivity (Wildman–Crippen MR) is 81.6 cm³/mol. The van der Waals surface area contributed by atoms with Gasteiger partial charge in [0.1, 0.15) is 31.6 Å². The molecule has 1 saturated heterocycles. The maximum atomic E-state index is 11.7. The summed E-state index contributed by atoms with van der Waals surface area (Å²) in [5.41, 5.74) is 5.14. The van der Waals surface area contributed by atoms with Crippen molar-refractivity contribution in [1.82, 2.24) is 19.5 Å². The third kappa shape index (κ3) is 8.12. The van der Waals surface area contributed by atoms with Crippen LogP contribution in [0.25, 0.3) is 11.2 Å². The van der Waals surface area contributed by atoms with Gasteiger partial charge in [-0.3, -0.25) is 18.6 Å². The van der Waals surface area contributed by atoms with Crippen LogP contribution in [0.5, 0.6) is 5.88 Å². The van der Waals surface area contributed by atoms with Crippen LogP contribution in [0.2, 0.25) is 0 Å². The molecule has 1 aliphatic rings. The summed E-state index contributed by atoms with van der Waals surface area (Å²) in [5, 5.41) is 38.5. The largest absolute Gasteiger partial charge is 1.00 e. The van der Waals surface area contributed by atoms with Gasteiger partial charge in [-0.1, -0.05) is 0 Å². The van der Waals surface area contributed by atoms with Gasteiger partial charge in [0.05, 0.1) is 12.9 Å². The first-order valence-electron chi connectivity index (χ1n) is 7.31. The van der Waals surface area contributed by atoms with Crippen molar-refractivity contribution in [3.8, 4) is 5.88 Å². The summed E-state index contributed by atoms with van der Waals surface area (Å²) in [6, 6.07) is 0. The number of nitrogens with zero attached hydrogens (tertiary/aromatic N) is 4. The molecule has 0 aliphatic carbocycles. The zero-order valence-corrected chi connectivity index (χ0v) is 19.3. The van der Waals surface area contributed by atoms with Gasteiger partial charge in [-0.15, -0.1) is 0 Å². The number of phosphoric acid groups is 1. The van der Waals surface area contributed by atoms with Gasteiger partial charge in [-0.25, -0.2) is 9.97 Å². The molecule has 0 spiro atoms. The van der Waals surface area contributed by atoms with E-state index in [0.717, 1.165) is 10.9 Å². The smallest absolute Gasteiger partial charge is 0.857 e. The van der Waals surface area contributed by atoms with E-state index in [1.54, 1.807) is 0 Å². The summed E-state index contributed by atoms with van der Waals surface area (Å²) in [6.45, 7) is -0.911. The number of hydrogen-bond acceptors (Lipinski definition) is 14. The van der Waals surface area contributed by atoms with Crippen LogP contribution in [0.3, 0.4) is 0 Å². The number of fused-ring (bicyclic) bond motifs is 1. The maximum Gasteiger partial charge on any atom is 1.00 e. The third-order valence-corrected chi connectivity index (χ3v) is 5.78. The molecule has 2 aromatic heterocycles. The number of phosphoric ester groups is 1. The van der Waals surface area contributed by atoms with E-state index in [0.29, 0.717) is 0 Å². The van der Waals surface area contributed by atoms with Crippen molar-refractivity contribution in [3.63, 3.8) is 0 Å². The molecule has 0 saturated carbocycles. The molecular weight excluding hydrogens is 454 g/mol. The Hall–Kier alpha value is 0.680. The molecular formula is C10H13Li4N6O10P2+. The van der Waals surface area contributed by atoms with E-state index in [1.807, 2.05) is 0 Å². The Balaban J connectivity index is 0. The molecule has 0 radical (unpaired) electrons. The molecule has 2 unspecified atom stereocenters. The Morgan fingerprint density at radius 2 is 1.81 bits per heavy atom. The van der Waals surface area contributed by atoms with Gasteiger partial charge in [-0.05, 0) is 0 Å². The van der Waals surface area contributed by atoms with Gasteiger partial charge in [-0.2, -0.15) is 4.98 Å². The number of nitrogens with one attached hydrogen (secondary N) is 1. The minimum atomic E-state index is -5.37. The number of nitrogen functional groups attached to an aromatic ring is 1. The first kappa shape index (κ1) is 34.8. The number of imidazole rings is 1. The summed E-state index contributed by atoms with van der Waals surface area (Å²) in [5.74, 6) is -1.14. The third-order valence-electron chi connectivity index (χ3n) is 3.63. The topological polar surface area (TPSA) is 268 Å². The number of anilines is 1. The monoisotopic (exact) mass is 467 g/mol. The molecule has 22 heteroatoms. The zero-order valence-electron chi connectivity index (χ0n) is 17.6. The van der Waals surface area contributed by atoms with Gasteiger partial charge in [0.25, 0.3) is 7.82 Å². The predicted octanol–water partition coefficient (Wildman–Crippen LogP) is -15.5. The SMILES string of the molecule is N=P([O-])(O)OP(=O)([O-])OC[C@H]1O[C@@H](n2cnc3c([O-])nc(N)nc32)[C@H](O)[C@@H]1O.[Li+].[Li+].[Li+].[Li+]. The second-order valence-electron chi connectivity index (χ2n) is 5.60. The van der Waals surface area contributed by atoms with E-state index >= 15 is 0 Å². The molecule has 6 N–H and O–H groups in total. The van der Waals surface area contributed by atoms with Crippen molar-refractivity contribution in [2.75, 3.05) is 12.3 Å². The quantitative estimate of drug-likeness (QED) is 0.195. The molecule has 2 aromatic rings. The van der Waals surface area contributed by atoms with Crippen molar-refractivity contribution in [2.45, 2.75) is 24.5 Å². The number of nitrogens with two attached hydrogens (primary N) is 1. The first-order valence-corrected chi connectivity index (χ1v) is 10.4. The average Bonchev–Trinajstić information content (AvgIpc) is 3.06. The zero-order chi connectivity index (χ0) is 20.9. The second kappa shape index (κ2) is 13.1. The standard InChI is InChI=1S/C10H15N6O10P2.4Li/c11-10-14-7-4(8(19)15-10)13-2-16(7)9-6(18)5(17)3(25-9)1-24-28(22,23)26-27(12,20)21;;;;/h2-3,5-6,9,17-18H,1H2,(H6-,11,12,14,15,19,20,21,22,23);;;;/q-1;4*+1/p-2/t3-,5-,6-,9-;;;;/m1..../s1. The molecule has 16 nitrogen and oxygen atoms in total.